The van der Waals surface area contributed by atoms with Crippen LogP contribution in [0.2, 0.25) is 0 Å². The highest BCUT2D eigenvalue weighted by molar-refractivity contribution is 7.13. The average Bonchev–Trinajstić information content (AvgIpc) is 3.08. The van der Waals surface area contributed by atoms with Crippen molar-refractivity contribution in [3.8, 4) is 11.5 Å². The molecule has 0 atom stereocenters. The molecule has 1 amide bonds. The van der Waals surface area contributed by atoms with Crippen molar-refractivity contribution in [2.75, 3.05) is 5.32 Å². The Balaban J connectivity index is 1.71. The van der Waals surface area contributed by atoms with Gasteiger partial charge in [-0.3, -0.25) is 9.78 Å². The Morgan fingerprint density at radius 1 is 1.29 bits per heavy atom. The summed E-state index contributed by atoms with van der Waals surface area (Å²) in [5, 5.41) is 3.85. The fourth-order valence-electron chi connectivity index (χ4n) is 2.15. The van der Waals surface area contributed by atoms with E-state index in [1.165, 1.54) is 11.3 Å². The van der Waals surface area contributed by atoms with E-state index in [9.17, 15) is 4.79 Å². The van der Waals surface area contributed by atoms with Gasteiger partial charge in [0.15, 0.2) is 0 Å². The second-order valence-electron chi connectivity index (χ2n) is 5.20. The van der Waals surface area contributed by atoms with Gasteiger partial charge in [-0.25, -0.2) is 4.98 Å². The van der Waals surface area contributed by atoms with Crippen LogP contribution in [-0.4, -0.2) is 15.9 Å². The zero-order valence-electron chi connectivity index (χ0n) is 13.4. The normalized spacial score (nSPS) is 10.4. The van der Waals surface area contributed by atoms with Gasteiger partial charge in [0, 0.05) is 11.9 Å². The SMILES string of the molecule is CCc1ncc(C(=O)Nc2ccc(Oc3cccnc3)c(C)c2)s1. The predicted molar refractivity (Wildman–Crippen MR) is 94.9 cm³/mol. The molecule has 6 heteroatoms. The fourth-order valence-corrected chi connectivity index (χ4v) is 2.90. The van der Waals surface area contributed by atoms with E-state index in [2.05, 4.69) is 15.3 Å². The second-order valence-corrected chi connectivity index (χ2v) is 6.31. The van der Waals surface area contributed by atoms with Gasteiger partial charge in [-0.05, 0) is 49.2 Å². The number of thiazole rings is 1. The summed E-state index contributed by atoms with van der Waals surface area (Å²) in [5.74, 6) is 1.26. The number of aryl methyl sites for hydroxylation is 2. The maximum absolute atomic E-state index is 12.3. The van der Waals surface area contributed by atoms with E-state index in [1.807, 2.05) is 44.2 Å². The first-order chi connectivity index (χ1) is 11.7. The van der Waals surface area contributed by atoms with Crippen molar-refractivity contribution in [3.05, 3.63) is 64.4 Å². The quantitative estimate of drug-likeness (QED) is 0.746. The lowest BCUT2D eigenvalue weighted by Crippen LogP contribution is -2.10. The molecule has 0 saturated heterocycles. The summed E-state index contributed by atoms with van der Waals surface area (Å²) in [6, 6.07) is 9.20. The Morgan fingerprint density at radius 2 is 2.17 bits per heavy atom. The van der Waals surface area contributed by atoms with Crippen molar-refractivity contribution in [2.24, 2.45) is 0 Å². The predicted octanol–water partition coefficient (Wildman–Crippen LogP) is 4.45. The Morgan fingerprint density at radius 3 is 2.83 bits per heavy atom. The molecule has 122 valence electrons. The van der Waals surface area contributed by atoms with Crippen LogP contribution in [0.4, 0.5) is 5.69 Å². The van der Waals surface area contributed by atoms with Crippen LogP contribution in [0.3, 0.4) is 0 Å². The van der Waals surface area contributed by atoms with E-state index in [0.717, 1.165) is 28.4 Å². The first-order valence-electron chi connectivity index (χ1n) is 7.60. The number of pyridine rings is 1. The smallest absolute Gasteiger partial charge is 0.267 e. The van der Waals surface area contributed by atoms with Crippen molar-refractivity contribution in [1.29, 1.82) is 0 Å². The minimum Gasteiger partial charge on any atom is -0.455 e. The summed E-state index contributed by atoms with van der Waals surface area (Å²) < 4.78 is 5.79. The van der Waals surface area contributed by atoms with E-state index in [-0.39, 0.29) is 5.91 Å². The Labute approximate surface area is 144 Å². The van der Waals surface area contributed by atoms with Gasteiger partial charge >= 0.3 is 0 Å². The Bertz CT molecular complexity index is 846. The van der Waals surface area contributed by atoms with Crippen LogP contribution in [0.15, 0.2) is 48.9 Å². The fraction of sp³-hybridized carbons (Fsp3) is 0.167. The van der Waals surface area contributed by atoms with Gasteiger partial charge in [0.2, 0.25) is 0 Å². The highest BCUT2D eigenvalue weighted by Crippen LogP contribution is 2.27. The van der Waals surface area contributed by atoms with Crippen molar-refractivity contribution in [1.82, 2.24) is 9.97 Å². The second kappa shape index (κ2) is 7.23. The minimum atomic E-state index is -0.146. The molecule has 0 radical (unpaired) electrons. The number of ether oxygens (including phenoxy) is 1. The molecular weight excluding hydrogens is 322 g/mol. The summed E-state index contributed by atoms with van der Waals surface area (Å²) >= 11 is 1.41. The number of hydrogen-bond donors (Lipinski definition) is 1. The maximum atomic E-state index is 12.3. The standard InChI is InChI=1S/C18H17N3O2S/c1-3-17-20-11-16(24-17)18(22)21-13-6-7-15(12(2)9-13)23-14-5-4-8-19-10-14/h4-11H,3H2,1-2H3,(H,21,22). The molecule has 0 aliphatic carbocycles. The summed E-state index contributed by atoms with van der Waals surface area (Å²) in [6.45, 7) is 3.95. The number of rotatable bonds is 5. The first-order valence-corrected chi connectivity index (χ1v) is 8.42. The zero-order valence-corrected chi connectivity index (χ0v) is 14.3. The molecule has 3 rings (SSSR count). The topological polar surface area (TPSA) is 64.1 Å². The largest absolute Gasteiger partial charge is 0.455 e. The first kappa shape index (κ1) is 16.1. The Hall–Kier alpha value is -2.73. The molecule has 2 aromatic heterocycles. The summed E-state index contributed by atoms with van der Waals surface area (Å²) in [6.07, 6.45) is 5.80. The van der Waals surface area contributed by atoms with Crippen LogP contribution in [0, 0.1) is 6.92 Å². The van der Waals surface area contributed by atoms with Crippen LogP contribution >= 0.6 is 11.3 Å². The number of nitrogens with one attached hydrogen (secondary N) is 1. The van der Waals surface area contributed by atoms with Crippen LogP contribution in [0.25, 0.3) is 0 Å². The maximum Gasteiger partial charge on any atom is 0.267 e. The Kier molecular flexibility index (Phi) is 4.86. The van der Waals surface area contributed by atoms with E-state index < -0.39 is 0 Å². The number of nitrogens with zero attached hydrogens (tertiary/aromatic N) is 2. The van der Waals surface area contributed by atoms with Gasteiger partial charge in [0.1, 0.15) is 16.4 Å². The van der Waals surface area contributed by atoms with E-state index in [1.54, 1.807) is 18.6 Å². The summed E-state index contributed by atoms with van der Waals surface area (Å²) in [5.41, 5.74) is 1.65. The van der Waals surface area contributed by atoms with Crippen LogP contribution in [-0.2, 0) is 6.42 Å². The van der Waals surface area contributed by atoms with Crippen LogP contribution < -0.4 is 10.1 Å². The number of aromatic nitrogens is 2. The molecule has 24 heavy (non-hydrogen) atoms. The number of amides is 1. The van der Waals surface area contributed by atoms with E-state index in [0.29, 0.717) is 10.6 Å². The van der Waals surface area contributed by atoms with Gasteiger partial charge in [-0.15, -0.1) is 11.3 Å². The molecule has 0 fully saturated rings. The van der Waals surface area contributed by atoms with Gasteiger partial charge < -0.3 is 10.1 Å². The van der Waals surface area contributed by atoms with Crippen molar-refractivity contribution < 1.29 is 9.53 Å². The third-order valence-corrected chi connectivity index (χ3v) is 4.52. The molecule has 1 aromatic carbocycles. The van der Waals surface area contributed by atoms with Crippen LogP contribution in [0.5, 0.6) is 11.5 Å². The molecule has 0 saturated carbocycles. The zero-order chi connectivity index (χ0) is 16.9. The highest BCUT2D eigenvalue weighted by atomic mass is 32.1. The summed E-state index contributed by atoms with van der Waals surface area (Å²) in [7, 11) is 0. The van der Waals surface area contributed by atoms with Crippen molar-refractivity contribution in [3.63, 3.8) is 0 Å². The lowest BCUT2D eigenvalue weighted by atomic mass is 10.2. The van der Waals surface area contributed by atoms with E-state index in [4.69, 9.17) is 4.74 Å². The molecule has 5 nitrogen and oxygen atoms in total. The molecule has 1 N–H and O–H groups in total. The number of anilines is 1. The number of hydrogen-bond acceptors (Lipinski definition) is 5. The molecule has 0 bridgehead atoms. The highest BCUT2D eigenvalue weighted by Gasteiger charge is 2.11. The van der Waals surface area contributed by atoms with Gasteiger partial charge in [0.05, 0.1) is 17.4 Å². The molecule has 3 aromatic rings. The van der Waals surface area contributed by atoms with Gasteiger partial charge in [0.25, 0.3) is 5.91 Å². The molecule has 0 aliphatic heterocycles. The van der Waals surface area contributed by atoms with Crippen molar-refractivity contribution >= 4 is 22.9 Å². The number of benzene rings is 1. The number of carbonyl (C=O) groups excluding carboxylic acids is 1. The van der Waals surface area contributed by atoms with Gasteiger partial charge in [-0.2, -0.15) is 0 Å². The number of carbonyl (C=O) groups is 1. The molecule has 0 unspecified atom stereocenters. The average molecular weight is 339 g/mol. The minimum absolute atomic E-state index is 0.146. The van der Waals surface area contributed by atoms with Crippen molar-refractivity contribution in [2.45, 2.75) is 20.3 Å². The molecular formula is C18H17N3O2S. The van der Waals surface area contributed by atoms with Crippen LogP contribution in [0.1, 0.15) is 27.2 Å². The summed E-state index contributed by atoms with van der Waals surface area (Å²) in [4.78, 5) is 21.1. The lowest BCUT2D eigenvalue weighted by Gasteiger charge is -2.10. The third kappa shape index (κ3) is 3.78. The molecule has 0 aliphatic rings. The lowest BCUT2D eigenvalue weighted by molar-refractivity contribution is 0.103. The van der Waals surface area contributed by atoms with E-state index >= 15 is 0 Å². The monoisotopic (exact) mass is 339 g/mol. The molecule has 0 spiro atoms. The van der Waals surface area contributed by atoms with Gasteiger partial charge in [-0.1, -0.05) is 6.92 Å². The molecule has 2 heterocycles. The third-order valence-electron chi connectivity index (χ3n) is 3.37.